The van der Waals surface area contributed by atoms with E-state index in [-0.39, 0.29) is 11.2 Å². The van der Waals surface area contributed by atoms with Gasteiger partial charge in [0.1, 0.15) is 11.2 Å². The summed E-state index contributed by atoms with van der Waals surface area (Å²) >= 11 is 0. The van der Waals surface area contributed by atoms with Gasteiger partial charge in [0.2, 0.25) is 0 Å². The Balaban J connectivity index is 1.80. The van der Waals surface area contributed by atoms with Crippen LogP contribution >= 0.6 is 0 Å². The van der Waals surface area contributed by atoms with Gasteiger partial charge in [0.05, 0.1) is 13.2 Å². The van der Waals surface area contributed by atoms with Gasteiger partial charge in [-0.1, -0.05) is 60.7 Å². The highest BCUT2D eigenvalue weighted by Crippen LogP contribution is 2.37. The van der Waals surface area contributed by atoms with Crippen LogP contribution in [-0.4, -0.2) is 13.2 Å². The van der Waals surface area contributed by atoms with E-state index in [1.165, 1.54) is 0 Å². The third-order valence-electron chi connectivity index (χ3n) is 4.10. The maximum atomic E-state index is 6.20. The Morgan fingerprint density at radius 1 is 0.650 bits per heavy atom. The number of ether oxygens (including phenoxy) is 2. The van der Waals surface area contributed by atoms with E-state index in [2.05, 4.69) is 38.1 Å². The summed E-state index contributed by atoms with van der Waals surface area (Å²) in [6.45, 7) is 5.30. The van der Waals surface area contributed by atoms with E-state index in [1.54, 1.807) is 0 Å². The molecule has 20 heavy (non-hydrogen) atoms. The first-order valence-electron chi connectivity index (χ1n) is 7.01. The SMILES string of the molecule is C[C@]1(c2ccccc2)CO[C@@](C)(c2ccccc2)CO1. The van der Waals surface area contributed by atoms with Crippen molar-refractivity contribution in [1.82, 2.24) is 0 Å². The average Bonchev–Trinajstić information content (AvgIpc) is 2.52. The van der Waals surface area contributed by atoms with E-state index in [0.717, 1.165) is 11.1 Å². The van der Waals surface area contributed by atoms with Crippen molar-refractivity contribution in [3.8, 4) is 0 Å². The predicted octanol–water partition coefficient (Wildman–Crippen LogP) is 3.86. The first-order valence-corrected chi connectivity index (χ1v) is 7.01. The number of hydrogen-bond acceptors (Lipinski definition) is 2. The quantitative estimate of drug-likeness (QED) is 0.823. The van der Waals surface area contributed by atoms with Crippen LogP contribution in [0.3, 0.4) is 0 Å². The Kier molecular flexibility index (Phi) is 3.36. The molecule has 0 amide bonds. The van der Waals surface area contributed by atoms with E-state index in [9.17, 15) is 0 Å². The Bertz CT molecular complexity index is 501. The van der Waals surface area contributed by atoms with Crippen LogP contribution in [0.2, 0.25) is 0 Å². The van der Waals surface area contributed by atoms with Gasteiger partial charge >= 0.3 is 0 Å². The molecule has 0 spiro atoms. The van der Waals surface area contributed by atoms with Gasteiger partial charge in [-0.3, -0.25) is 0 Å². The lowest BCUT2D eigenvalue weighted by molar-refractivity contribution is -0.233. The van der Waals surface area contributed by atoms with Crippen molar-refractivity contribution in [2.75, 3.05) is 13.2 Å². The minimum atomic E-state index is -0.366. The molecule has 0 N–H and O–H groups in total. The van der Waals surface area contributed by atoms with Crippen molar-refractivity contribution in [2.24, 2.45) is 0 Å². The van der Waals surface area contributed by atoms with E-state index in [0.29, 0.717) is 13.2 Å². The summed E-state index contributed by atoms with van der Waals surface area (Å²) in [5, 5.41) is 0. The summed E-state index contributed by atoms with van der Waals surface area (Å²) in [6.07, 6.45) is 0. The van der Waals surface area contributed by atoms with Crippen molar-refractivity contribution in [1.29, 1.82) is 0 Å². The van der Waals surface area contributed by atoms with Crippen LogP contribution in [0.15, 0.2) is 60.7 Å². The lowest BCUT2D eigenvalue weighted by Gasteiger charge is -2.43. The molecule has 2 aromatic carbocycles. The molecule has 1 heterocycles. The van der Waals surface area contributed by atoms with Crippen LogP contribution < -0.4 is 0 Å². The second-order valence-corrected chi connectivity index (χ2v) is 5.77. The van der Waals surface area contributed by atoms with Crippen molar-refractivity contribution in [3.05, 3.63) is 71.8 Å². The number of rotatable bonds is 2. The predicted molar refractivity (Wildman–Crippen MR) is 79.5 cm³/mol. The highest BCUT2D eigenvalue weighted by Gasteiger charge is 2.41. The summed E-state index contributed by atoms with van der Waals surface area (Å²) in [7, 11) is 0. The summed E-state index contributed by atoms with van der Waals surface area (Å²) < 4.78 is 12.4. The molecule has 104 valence electrons. The molecular formula is C18H20O2. The second kappa shape index (κ2) is 5.04. The van der Waals surface area contributed by atoms with Gasteiger partial charge in [0.25, 0.3) is 0 Å². The Morgan fingerprint density at radius 3 is 1.30 bits per heavy atom. The lowest BCUT2D eigenvalue weighted by Crippen LogP contribution is -2.47. The molecule has 2 nitrogen and oxygen atoms in total. The molecule has 2 aromatic rings. The molecule has 1 aliphatic heterocycles. The standard InChI is InChI=1S/C18H20O2/c1-17(15-9-5-3-6-10-15)13-20-18(2,14-19-17)16-11-7-4-8-12-16/h3-12H,13-14H2,1-2H3/t17-,18-/m1/s1. The van der Waals surface area contributed by atoms with Gasteiger partial charge in [-0.15, -0.1) is 0 Å². The largest absolute Gasteiger partial charge is 0.365 e. The zero-order chi connectivity index (χ0) is 14.1. The van der Waals surface area contributed by atoms with Gasteiger partial charge in [0, 0.05) is 0 Å². The molecule has 1 saturated heterocycles. The molecule has 0 unspecified atom stereocenters. The lowest BCUT2D eigenvalue weighted by atomic mass is 9.91. The maximum Gasteiger partial charge on any atom is 0.114 e. The molecule has 0 bridgehead atoms. The molecule has 3 rings (SSSR count). The van der Waals surface area contributed by atoms with Crippen molar-refractivity contribution < 1.29 is 9.47 Å². The Morgan fingerprint density at radius 2 is 1.00 bits per heavy atom. The normalized spacial score (nSPS) is 30.1. The third kappa shape index (κ3) is 2.37. The minimum Gasteiger partial charge on any atom is -0.365 e. The summed E-state index contributed by atoms with van der Waals surface area (Å²) in [5.41, 5.74) is 1.59. The molecule has 2 heteroatoms. The van der Waals surface area contributed by atoms with Crippen LogP contribution in [-0.2, 0) is 20.7 Å². The van der Waals surface area contributed by atoms with Crippen LogP contribution in [0.25, 0.3) is 0 Å². The summed E-state index contributed by atoms with van der Waals surface area (Å²) in [6, 6.07) is 20.6. The number of benzene rings is 2. The van der Waals surface area contributed by atoms with Gasteiger partial charge in [0.15, 0.2) is 0 Å². The van der Waals surface area contributed by atoms with Crippen LogP contribution in [0.5, 0.6) is 0 Å². The monoisotopic (exact) mass is 268 g/mol. The maximum absolute atomic E-state index is 6.20. The van der Waals surface area contributed by atoms with Gasteiger partial charge in [-0.25, -0.2) is 0 Å². The van der Waals surface area contributed by atoms with Crippen molar-refractivity contribution in [2.45, 2.75) is 25.0 Å². The molecule has 1 aliphatic rings. The minimum absolute atomic E-state index is 0.366. The van der Waals surface area contributed by atoms with E-state index < -0.39 is 0 Å². The van der Waals surface area contributed by atoms with E-state index >= 15 is 0 Å². The molecule has 2 atom stereocenters. The van der Waals surface area contributed by atoms with Crippen molar-refractivity contribution in [3.63, 3.8) is 0 Å². The second-order valence-electron chi connectivity index (χ2n) is 5.77. The zero-order valence-corrected chi connectivity index (χ0v) is 12.0. The molecule has 1 fully saturated rings. The zero-order valence-electron chi connectivity index (χ0n) is 12.0. The van der Waals surface area contributed by atoms with E-state index in [1.807, 2.05) is 36.4 Å². The van der Waals surface area contributed by atoms with Gasteiger partial charge < -0.3 is 9.47 Å². The summed E-state index contributed by atoms with van der Waals surface area (Å²) in [5.74, 6) is 0. The van der Waals surface area contributed by atoms with Crippen LogP contribution in [0, 0.1) is 0 Å². The number of hydrogen-bond donors (Lipinski definition) is 0. The molecule has 0 aromatic heterocycles. The highest BCUT2D eigenvalue weighted by molar-refractivity contribution is 5.25. The van der Waals surface area contributed by atoms with E-state index in [4.69, 9.17) is 9.47 Å². The highest BCUT2D eigenvalue weighted by atomic mass is 16.6. The summed E-state index contributed by atoms with van der Waals surface area (Å²) in [4.78, 5) is 0. The Hall–Kier alpha value is -1.64. The molecule has 0 radical (unpaired) electrons. The third-order valence-corrected chi connectivity index (χ3v) is 4.10. The molecule has 0 saturated carbocycles. The first kappa shape index (κ1) is 13.3. The molecular weight excluding hydrogens is 248 g/mol. The fourth-order valence-electron chi connectivity index (χ4n) is 2.59. The average molecular weight is 268 g/mol. The van der Waals surface area contributed by atoms with Crippen LogP contribution in [0.1, 0.15) is 25.0 Å². The first-order chi connectivity index (χ1) is 9.62. The Labute approximate surface area is 120 Å². The fourth-order valence-corrected chi connectivity index (χ4v) is 2.59. The van der Waals surface area contributed by atoms with Crippen LogP contribution in [0.4, 0.5) is 0 Å². The smallest absolute Gasteiger partial charge is 0.114 e. The fraction of sp³-hybridized carbons (Fsp3) is 0.333. The van der Waals surface area contributed by atoms with Gasteiger partial charge in [-0.2, -0.15) is 0 Å². The van der Waals surface area contributed by atoms with Gasteiger partial charge in [-0.05, 0) is 25.0 Å². The topological polar surface area (TPSA) is 18.5 Å². The molecule has 0 aliphatic carbocycles. The van der Waals surface area contributed by atoms with Crippen molar-refractivity contribution >= 4 is 0 Å².